The molecule has 8 heteroatoms. The minimum Gasteiger partial charge on any atom is -0.478 e. The van der Waals surface area contributed by atoms with Gasteiger partial charge in [-0.2, -0.15) is 0 Å². The Hall–Kier alpha value is -4.62. The fourth-order valence-electron chi connectivity index (χ4n) is 3.65. The number of anilines is 2. The maximum Gasteiger partial charge on any atom is 0.336 e. The number of aromatic nitrogens is 1. The molecule has 0 saturated heterocycles. The van der Waals surface area contributed by atoms with Crippen LogP contribution in [0.15, 0.2) is 85.1 Å². The van der Waals surface area contributed by atoms with E-state index in [-0.39, 0.29) is 27.9 Å². The first-order chi connectivity index (χ1) is 17.3. The molecule has 0 amide bonds. The summed E-state index contributed by atoms with van der Waals surface area (Å²) < 4.78 is 0. The van der Waals surface area contributed by atoms with Gasteiger partial charge in [-0.3, -0.25) is 19.4 Å². The Labute approximate surface area is 211 Å². The molecule has 0 atom stereocenters. The van der Waals surface area contributed by atoms with E-state index in [9.17, 15) is 24.3 Å². The van der Waals surface area contributed by atoms with Crippen molar-refractivity contribution in [3.05, 3.63) is 124 Å². The molecule has 0 aliphatic carbocycles. The van der Waals surface area contributed by atoms with Gasteiger partial charge in [-0.1, -0.05) is 35.9 Å². The SMILES string of the molecule is CN(c1ccc(Cl)cc1)c1ccc(C(=O)c2ccc(C(=O)c3cccc(C=O)c3)c(C(=O)O)c2)nc1. The highest BCUT2D eigenvalue weighted by Crippen LogP contribution is 2.25. The number of pyridine rings is 1. The van der Waals surface area contributed by atoms with Crippen LogP contribution in [0, 0.1) is 0 Å². The topological polar surface area (TPSA) is 105 Å². The van der Waals surface area contributed by atoms with Gasteiger partial charge < -0.3 is 10.0 Å². The smallest absolute Gasteiger partial charge is 0.336 e. The summed E-state index contributed by atoms with van der Waals surface area (Å²) in [5.41, 5.74) is 1.87. The first-order valence-corrected chi connectivity index (χ1v) is 11.1. The fourth-order valence-corrected chi connectivity index (χ4v) is 3.78. The van der Waals surface area contributed by atoms with Crippen molar-refractivity contribution in [1.82, 2.24) is 4.98 Å². The quantitative estimate of drug-likeness (QED) is 0.253. The van der Waals surface area contributed by atoms with Crippen molar-refractivity contribution in [3.8, 4) is 0 Å². The predicted octanol–water partition coefficient (Wildman–Crippen LogP) is 5.48. The summed E-state index contributed by atoms with van der Waals surface area (Å²) in [7, 11) is 1.85. The molecule has 0 fully saturated rings. The van der Waals surface area contributed by atoms with E-state index in [1.54, 1.807) is 24.3 Å². The average Bonchev–Trinajstić information content (AvgIpc) is 2.92. The van der Waals surface area contributed by atoms with Crippen molar-refractivity contribution in [2.45, 2.75) is 0 Å². The first kappa shape index (κ1) is 24.5. The molecule has 0 spiro atoms. The zero-order valence-electron chi connectivity index (χ0n) is 19.0. The van der Waals surface area contributed by atoms with Gasteiger partial charge in [0.05, 0.1) is 17.4 Å². The third-order valence-electron chi connectivity index (χ3n) is 5.62. The van der Waals surface area contributed by atoms with E-state index in [1.807, 2.05) is 24.1 Å². The summed E-state index contributed by atoms with van der Waals surface area (Å²) in [4.78, 5) is 55.1. The van der Waals surface area contributed by atoms with Gasteiger partial charge in [0, 0.05) is 40.0 Å². The molecular weight excluding hydrogens is 480 g/mol. The zero-order valence-corrected chi connectivity index (χ0v) is 19.8. The molecule has 3 aromatic carbocycles. The second-order valence-electron chi connectivity index (χ2n) is 7.90. The summed E-state index contributed by atoms with van der Waals surface area (Å²) >= 11 is 5.94. The molecule has 0 aliphatic heterocycles. The van der Waals surface area contributed by atoms with Gasteiger partial charge in [-0.05, 0) is 54.6 Å². The van der Waals surface area contributed by atoms with Crippen molar-refractivity contribution >= 4 is 46.8 Å². The normalized spacial score (nSPS) is 10.5. The third-order valence-corrected chi connectivity index (χ3v) is 5.88. The molecule has 1 aromatic heterocycles. The van der Waals surface area contributed by atoms with Crippen LogP contribution in [0.4, 0.5) is 11.4 Å². The number of hydrogen-bond donors (Lipinski definition) is 1. The molecular formula is C28H19ClN2O5. The molecule has 0 aliphatic rings. The van der Waals surface area contributed by atoms with E-state index < -0.39 is 17.5 Å². The van der Waals surface area contributed by atoms with Gasteiger partial charge in [0.25, 0.3) is 0 Å². The van der Waals surface area contributed by atoms with Crippen molar-refractivity contribution in [2.24, 2.45) is 0 Å². The lowest BCUT2D eigenvalue weighted by Crippen LogP contribution is -2.13. The van der Waals surface area contributed by atoms with Gasteiger partial charge in [0.2, 0.25) is 5.78 Å². The molecule has 4 rings (SSSR count). The Kier molecular flexibility index (Phi) is 7.03. The number of rotatable bonds is 8. The monoisotopic (exact) mass is 498 g/mol. The Bertz CT molecular complexity index is 1480. The van der Waals surface area contributed by atoms with Crippen molar-refractivity contribution < 1.29 is 24.3 Å². The third kappa shape index (κ3) is 5.06. The van der Waals surface area contributed by atoms with E-state index >= 15 is 0 Å². The van der Waals surface area contributed by atoms with Crippen molar-refractivity contribution in [1.29, 1.82) is 0 Å². The summed E-state index contributed by atoms with van der Waals surface area (Å²) in [5.74, 6) is -2.41. The van der Waals surface area contributed by atoms with Crippen LogP contribution in [0.2, 0.25) is 5.02 Å². The molecule has 0 unspecified atom stereocenters. The average molecular weight is 499 g/mol. The Morgan fingerprint density at radius 3 is 2.17 bits per heavy atom. The lowest BCUT2D eigenvalue weighted by molar-refractivity contribution is 0.0692. The lowest BCUT2D eigenvalue weighted by atomic mass is 9.94. The number of benzene rings is 3. The van der Waals surface area contributed by atoms with Crippen LogP contribution < -0.4 is 4.90 Å². The Morgan fingerprint density at radius 2 is 1.53 bits per heavy atom. The van der Waals surface area contributed by atoms with Gasteiger partial charge in [0.1, 0.15) is 12.0 Å². The largest absolute Gasteiger partial charge is 0.478 e. The van der Waals surface area contributed by atoms with E-state index in [0.29, 0.717) is 16.9 Å². The standard InChI is InChI=1S/C28H19ClN2O5/c1-31(21-8-6-20(29)7-9-21)22-10-12-25(30-15-22)27(34)19-5-11-23(24(14-19)28(35)36)26(33)18-4-2-3-17(13-18)16-32/h2-16H,1H3,(H,35,36). The van der Waals surface area contributed by atoms with Crippen LogP contribution in [-0.2, 0) is 0 Å². The summed E-state index contributed by atoms with van der Waals surface area (Å²) in [6.07, 6.45) is 2.14. The molecule has 1 heterocycles. The van der Waals surface area contributed by atoms with Crippen LogP contribution in [0.5, 0.6) is 0 Å². The fraction of sp³-hybridized carbons (Fsp3) is 0.0357. The second kappa shape index (κ2) is 10.3. The maximum atomic E-state index is 13.0. The number of carboxylic acid groups (broad SMARTS) is 1. The van der Waals surface area contributed by atoms with Gasteiger partial charge in [0.15, 0.2) is 5.78 Å². The number of aldehydes is 1. The number of carboxylic acids is 1. The van der Waals surface area contributed by atoms with E-state index in [2.05, 4.69) is 4.98 Å². The minimum absolute atomic E-state index is 0.0805. The van der Waals surface area contributed by atoms with Crippen molar-refractivity contribution in [2.75, 3.05) is 11.9 Å². The van der Waals surface area contributed by atoms with Crippen LogP contribution in [0.3, 0.4) is 0 Å². The van der Waals surface area contributed by atoms with E-state index in [1.165, 1.54) is 42.6 Å². The molecule has 178 valence electrons. The minimum atomic E-state index is -1.35. The number of hydrogen-bond acceptors (Lipinski definition) is 6. The van der Waals surface area contributed by atoms with Crippen LogP contribution >= 0.6 is 11.6 Å². The number of carbonyl (C=O) groups is 4. The first-order valence-electron chi connectivity index (χ1n) is 10.8. The number of nitrogens with zero attached hydrogens (tertiary/aromatic N) is 2. The molecule has 7 nitrogen and oxygen atoms in total. The molecule has 0 saturated carbocycles. The summed E-state index contributed by atoms with van der Waals surface area (Å²) in [5, 5.41) is 10.3. The molecule has 0 bridgehead atoms. The van der Waals surface area contributed by atoms with Crippen LogP contribution in [0.1, 0.15) is 52.7 Å². The summed E-state index contributed by atoms with van der Waals surface area (Å²) in [6, 6.07) is 20.3. The molecule has 1 N–H and O–H groups in total. The van der Waals surface area contributed by atoms with Crippen LogP contribution in [-0.4, -0.2) is 41.0 Å². The number of carbonyl (C=O) groups excluding carboxylic acids is 3. The van der Waals surface area contributed by atoms with E-state index in [0.717, 1.165) is 17.4 Å². The lowest BCUT2D eigenvalue weighted by Gasteiger charge is -2.19. The highest BCUT2D eigenvalue weighted by atomic mass is 35.5. The van der Waals surface area contributed by atoms with Gasteiger partial charge >= 0.3 is 5.97 Å². The van der Waals surface area contributed by atoms with Crippen LogP contribution in [0.25, 0.3) is 0 Å². The maximum absolute atomic E-state index is 13.0. The number of ketones is 2. The summed E-state index contributed by atoms with van der Waals surface area (Å²) in [6.45, 7) is 0. The molecule has 0 radical (unpaired) electrons. The number of aromatic carboxylic acids is 1. The predicted molar refractivity (Wildman–Crippen MR) is 136 cm³/mol. The molecule has 36 heavy (non-hydrogen) atoms. The van der Waals surface area contributed by atoms with E-state index in [4.69, 9.17) is 11.6 Å². The highest BCUT2D eigenvalue weighted by Gasteiger charge is 2.21. The Morgan fingerprint density at radius 1 is 0.833 bits per heavy atom. The van der Waals surface area contributed by atoms with Gasteiger partial charge in [-0.25, -0.2) is 4.79 Å². The Balaban J connectivity index is 1.61. The second-order valence-corrected chi connectivity index (χ2v) is 8.34. The van der Waals surface area contributed by atoms with Gasteiger partial charge in [-0.15, -0.1) is 0 Å². The molecule has 4 aromatic rings. The zero-order chi connectivity index (χ0) is 25.8. The van der Waals surface area contributed by atoms with Crippen molar-refractivity contribution in [3.63, 3.8) is 0 Å². The number of halogens is 1. The highest BCUT2D eigenvalue weighted by molar-refractivity contribution is 6.30.